The molecule has 0 N–H and O–H groups in total. The molecule has 0 radical (unpaired) electrons. The third kappa shape index (κ3) is 18.9. The molecule has 0 saturated heterocycles. The summed E-state index contributed by atoms with van der Waals surface area (Å²) < 4.78 is 0. The standard InChI is InChI=1S/C22H36/c1-3-5-7-9-11-13-15-17-19-21-22-20-18-16-14-12-10-8-6-4-2/h21-22H,3-16H2,1-2H3/b22-21+. The lowest BCUT2D eigenvalue weighted by Gasteiger charge is -1.96. The number of allylic oxidation sites excluding steroid dienone is 2. The second-order valence-electron chi connectivity index (χ2n) is 6.01. The summed E-state index contributed by atoms with van der Waals surface area (Å²) in [6.07, 6.45) is 21.9. The van der Waals surface area contributed by atoms with E-state index in [1.54, 1.807) is 0 Å². The van der Waals surface area contributed by atoms with Crippen molar-refractivity contribution < 1.29 is 0 Å². The van der Waals surface area contributed by atoms with Gasteiger partial charge < -0.3 is 0 Å². The Hall–Kier alpha value is -1.14. The zero-order valence-corrected chi connectivity index (χ0v) is 15.1. The van der Waals surface area contributed by atoms with Crippen LogP contribution in [-0.2, 0) is 0 Å². The Morgan fingerprint density at radius 1 is 0.500 bits per heavy atom. The maximum absolute atomic E-state index is 3.20. The molecule has 0 aliphatic carbocycles. The van der Waals surface area contributed by atoms with Gasteiger partial charge in [-0.25, -0.2) is 0 Å². The average molecular weight is 301 g/mol. The van der Waals surface area contributed by atoms with Gasteiger partial charge >= 0.3 is 0 Å². The van der Waals surface area contributed by atoms with Gasteiger partial charge in [0.2, 0.25) is 0 Å². The monoisotopic (exact) mass is 300 g/mol. The predicted molar refractivity (Wildman–Crippen MR) is 101 cm³/mol. The largest absolute Gasteiger partial charge is 0.0985 e. The average Bonchev–Trinajstić information content (AvgIpc) is 2.54. The molecule has 0 spiro atoms. The van der Waals surface area contributed by atoms with Crippen molar-refractivity contribution >= 4 is 0 Å². The van der Waals surface area contributed by atoms with E-state index in [-0.39, 0.29) is 0 Å². The topological polar surface area (TPSA) is 0 Å². The van der Waals surface area contributed by atoms with Crippen LogP contribution >= 0.6 is 0 Å². The van der Waals surface area contributed by atoms with Gasteiger partial charge in [-0.15, -0.1) is 0 Å². The second-order valence-corrected chi connectivity index (χ2v) is 6.01. The highest BCUT2D eigenvalue weighted by Gasteiger charge is 1.88. The minimum atomic E-state index is 1.03. The fraction of sp³-hybridized carbons (Fsp3) is 0.727. The number of hydrogen-bond donors (Lipinski definition) is 0. The van der Waals surface area contributed by atoms with Gasteiger partial charge in [-0.1, -0.05) is 102 Å². The van der Waals surface area contributed by atoms with Gasteiger partial charge in [-0.3, -0.25) is 0 Å². The first kappa shape index (κ1) is 20.9. The molecule has 0 saturated carbocycles. The highest BCUT2D eigenvalue weighted by Crippen LogP contribution is 2.06. The summed E-state index contributed by atoms with van der Waals surface area (Å²) in [5, 5.41) is 0. The Kier molecular flexibility index (Phi) is 18.8. The van der Waals surface area contributed by atoms with Crippen LogP contribution in [0.2, 0.25) is 0 Å². The van der Waals surface area contributed by atoms with Crippen LogP contribution in [0, 0.1) is 23.7 Å². The van der Waals surface area contributed by atoms with Crippen molar-refractivity contribution in [3.8, 4) is 23.7 Å². The minimum absolute atomic E-state index is 1.03. The summed E-state index contributed by atoms with van der Waals surface area (Å²) in [5.74, 6) is 12.6. The SMILES string of the molecule is CCCCCCCCC#C/C=C/C#CCCCCCCCC. The molecule has 0 atom stereocenters. The maximum Gasteiger partial charge on any atom is 0.00922 e. The van der Waals surface area contributed by atoms with Crippen LogP contribution in [0.25, 0.3) is 0 Å². The number of rotatable bonds is 12. The molecule has 0 aliphatic heterocycles. The van der Waals surface area contributed by atoms with E-state index in [0.29, 0.717) is 0 Å². The molecule has 124 valence electrons. The lowest BCUT2D eigenvalue weighted by Crippen LogP contribution is -1.77. The van der Waals surface area contributed by atoms with Gasteiger partial charge in [0.25, 0.3) is 0 Å². The molecule has 0 heterocycles. The fourth-order valence-electron chi connectivity index (χ4n) is 2.33. The number of hydrogen-bond acceptors (Lipinski definition) is 0. The predicted octanol–water partition coefficient (Wildman–Crippen LogP) is 7.05. The third-order valence-electron chi connectivity index (χ3n) is 3.76. The lowest BCUT2D eigenvalue weighted by atomic mass is 10.1. The smallest absolute Gasteiger partial charge is 0.00922 e. The zero-order valence-electron chi connectivity index (χ0n) is 15.1. The van der Waals surface area contributed by atoms with Gasteiger partial charge in [-0.05, 0) is 25.0 Å². The third-order valence-corrected chi connectivity index (χ3v) is 3.76. The van der Waals surface area contributed by atoms with Gasteiger partial charge in [0.05, 0.1) is 0 Å². The quantitative estimate of drug-likeness (QED) is 0.267. The van der Waals surface area contributed by atoms with Crippen LogP contribution in [0.15, 0.2) is 12.2 Å². The van der Waals surface area contributed by atoms with Crippen molar-refractivity contribution in [2.24, 2.45) is 0 Å². The maximum atomic E-state index is 3.20. The van der Waals surface area contributed by atoms with E-state index in [0.717, 1.165) is 12.8 Å². The van der Waals surface area contributed by atoms with E-state index in [4.69, 9.17) is 0 Å². The molecule has 0 heteroatoms. The fourth-order valence-corrected chi connectivity index (χ4v) is 2.33. The van der Waals surface area contributed by atoms with Crippen molar-refractivity contribution in [3.63, 3.8) is 0 Å². The van der Waals surface area contributed by atoms with E-state index in [9.17, 15) is 0 Å². The normalized spacial score (nSPS) is 10.1. The van der Waals surface area contributed by atoms with Crippen molar-refractivity contribution in [1.29, 1.82) is 0 Å². The molecule has 0 bridgehead atoms. The van der Waals surface area contributed by atoms with Crippen LogP contribution in [0.3, 0.4) is 0 Å². The van der Waals surface area contributed by atoms with Crippen molar-refractivity contribution in [2.45, 2.75) is 104 Å². The van der Waals surface area contributed by atoms with Crippen LogP contribution < -0.4 is 0 Å². The summed E-state index contributed by atoms with van der Waals surface area (Å²) in [7, 11) is 0. The van der Waals surface area contributed by atoms with E-state index in [1.165, 1.54) is 77.0 Å². The zero-order chi connectivity index (χ0) is 16.1. The summed E-state index contributed by atoms with van der Waals surface area (Å²) in [6.45, 7) is 4.52. The minimum Gasteiger partial charge on any atom is -0.0985 e. The molecule has 0 amide bonds. The molecule has 0 aromatic heterocycles. The Morgan fingerprint density at radius 2 is 0.864 bits per heavy atom. The van der Waals surface area contributed by atoms with Crippen molar-refractivity contribution in [3.05, 3.63) is 12.2 Å². The van der Waals surface area contributed by atoms with Crippen LogP contribution in [0.4, 0.5) is 0 Å². The molecular formula is C22H36. The Labute approximate surface area is 140 Å². The first-order valence-electron chi connectivity index (χ1n) is 9.53. The number of unbranched alkanes of at least 4 members (excludes halogenated alkanes) is 12. The summed E-state index contributed by atoms with van der Waals surface area (Å²) in [5.41, 5.74) is 0. The van der Waals surface area contributed by atoms with E-state index >= 15 is 0 Å². The molecule has 22 heavy (non-hydrogen) atoms. The highest BCUT2D eigenvalue weighted by molar-refractivity contribution is 5.24. The molecule has 0 unspecified atom stereocenters. The Morgan fingerprint density at radius 3 is 1.27 bits per heavy atom. The van der Waals surface area contributed by atoms with E-state index < -0.39 is 0 Å². The van der Waals surface area contributed by atoms with Crippen LogP contribution in [0.1, 0.15) is 104 Å². The van der Waals surface area contributed by atoms with Gasteiger partial charge in [-0.2, -0.15) is 0 Å². The first-order valence-corrected chi connectivity index (χ1v) is 9.53. The lowest BCUT2D eigenvalue weighted by molar-refractivity contribution is 0.614. The van der Waals surface area contributed by atoms with Gasteiger partial charge in [0, 0.05) is 12.8 Å². The molecule has 0 nitrogen and oxygen atoms in total. The summed E-state index contributed by atoms with van der Waals surface area (Å²) in [6, 6.07) is 0. The van der Waals surface area contributed by atoms with Gasteiger partial charge in [0.15, 0.2) is 0 Å². The molecule has 0 aromatic rings. The Balaban J connectivity index is 3.36. The van der Waals surface area contributed by atoms with Crippen molar-refractivity contribution in [1.82, 2.24) is 0 Å². The Bertz CT molecular complexity index is 317. The second kappa shape index (κ2) is 19.9. The summed E-state index contributed by atoms with van der Waals surface area (Å²) >= 11 is 0. The highest BCUT2D eigenvalue weighted by atomic mass is 13.9. The molecule has 0 rings (SSSR count). The molecule has 0 aromatic carbocycles. The molecule has 0 aliphatic rings. The van der Waals surface area contributed by atoms with Gasteiger partial charge in [0.1, 0.15) is 0 Å². The van der Waals surface area contributed by atoms with E-state index in [1.807, 2.05) is 12.2 Å². The summed E-state index contributed by atoms with van der Waals surface area (Å²) in [4.78, 5) is 0. The van der Waals surface area contributed by atoms with Crippen LogP contribution in [0.5, 0.6) is 0 Å². The first-order chi connectivity index (χ1) is 10.9. The van der Waals surface area contributed by atoms with E-state index in [2.05, 4.69) is 37.5 Å². The molecular weight excluding hydrogens is 264 g/mol. The molecule has 0 fully saturated rings. The van der Waals surface area contributed by atoms with Crippen molar-refractivity contribution in [2.75, 3.05) is 0 Å². The van der Waals surface area contributed by atoms with Crippen LogP contribution in [-0.4, -0.2) is 0 Å².